The minimum atomic E-state index is -0.599. The summed E-state index contributed by atoms with van der Waals surface area (Å²) in [4.78, 5) is 27.3. The molecule has 27 heavy (non-hydrogen) atoms. The molecule has 0 unspecified atom stereocenters. The second-order valence-corrected chi connectivity index (χ2v) is 7.17. The van der Waals surface area contributed by atoms with Crippen LogP contribution in [0.15, 0.2) is 54.6 Å². The molecule has 0 aliphatic carbocycles. The van der Waals surface area contributed by atoms with Crippen molar-refractivity contribution in [3.8, 4) is 0 Å². The summed E-state index contributed by atoms with van der Waals surface area (Å²) >= 11 is 5.87. The van der Waals surface area contributed by atoms with Gasteiger partial charge in [-0.05, 0) is 49.1 Å². The van der Waals surface area contributed by atoms with Crippen molar-refractivity contribution in [3.05, 3.63) is 65.2 Å². The van der Waals surface area contributed by atoms with Crippen LogP contribution in [-0.4, -0.2) is 36.0 Å². The number of urea groups is 1. The molecule has 3 rings (SSSR count). The van der Waals surface area contributed by atoms with Crippen molar-refractivity contribution >= 4 is 29.2 Å². The van der Waals surface area contributed by atoms with Crippen molar-refractivity contribution in [2.75, 3.05) is 18.4 Å². The second kappa shape index (κ2) is 9.42. The van der Waals surface area contributed by atoms with E-state index in [1.54, 1.807) is 24.3 Å². The van der Waals surface area contributed by atoms with E-state index in [0.717, 1.165) is 37.9 Å². The molecule has 1 aliphatic rings. The minimum Gasteiger partial charge on any atom is -0.341 e. The fourth-order valence-corrected chi connectivity index (χ4v) is 3.37. The zero-order valence-corrected chi connectivity index (χ0v) is 15.9. The number of halogens is 1. The number of anilines is 1. The summed E-state index contributed by atoms with van der Waals surface area (Å²) in [6.45, 7) is 1.51. The molecule has 0 aromatic heterocycles. The van der Waals surface area contributed by atoms with Gasteiger partial charge in [-0.25, -0.2) is 4.79 Å². The molecule has 2 aromatic carbocycles. The highest BCUT2D eigenvalue weighted by atomic mass is 35.5. The maximum absolute atomic E-state index is 13.0. The van der Waals surface area contributed by atoms with Crippen LogP contribution in [-0.2, 0) is 11.2 Å². The molecule has 2 aromatic rings. The standard InChI is InChI=1S/C21H24ClN3O2/c22-17-9-11-18(12-10-17)23-21(27)24-19(15-16-7-3-1-4-8-16)20(26)25-13-5-2-6-14-25/h1,3-4,7-12,19H,2,5-6,13-15H2,(H2,23,24,27)/t19-/m0/s1. The summed E-state index contributed by atoms with van der Waals surface area (Å²) in [5, 5.41) is 6.22. The van der Waals surface area contributed by atoms with E-state index in [1.165, 1.54) is 0 Å². The van der Waals surface area contributed by atoms with E-state index in [-0.39, 0.29) is 5.91 Å². The van der Waals surface area contributed by atoms with Crippen molar-refractivity contribution in [1.29, 1.82) is 0 Å². The topological polar surface area (TPSA) is 61.4 Å². The van der Waals surface area contributed by atoms with E-state index in [4.69, 9.17) is 11.6 Å². The average Bonchev–Trinajstić information content (AvgIpc) is 2.70. The molecule has 2 N–H and O–H groups in total. The number of benzene rings is 2. The third kappa shape index (κ3) is 5.73. The number of amides is 3. The molecule has 0 radical (unpaired) electrons. The van der Waals surface area contributed by atoms with Gasteiger partial charge >= 0.3 is 6.03 Å². The Morgan fingerprint density at radius 2 is 1.63 bits per heavy atom. The molecule has 0 spiro atoms. The van der Waals surface area contributed by atoms with Gasteiger partial charge in [-0.1, -0.05) is 41.9 Å². The molecule has 0 bridgehead atoms. The van der Waals surface area contributed by atoms with Crippen molar-refractivity contribution in [1.82, 2.24) is 10.2 Å². The summed E-state index contributed by atoms with van der Waals surface area (Å²) in [6, 6.07) is 15.6. The maximum atomic E-state index is 13.0. The number of nitrogens with zero attached hydrogens (tertiary/aromatic N) is 1. The number of hydrogen-bond acceptors (Lipinski definition) is 2. The fourth-order valence-electron chi connectivity index (χ4n) is 3.24. The monoisotopic (exact) mass is 385 g/mol. The number of rotatable bonds is 5. The smallest absolute Gasteiger partial charge is 0.319 e. The number of likely N-dealkylation sites (tertiary alicyclic amines) is 1. The number of piperidine rings is 1. The highest BCUT2D eigenvalue weighted by Crippen LogP contribution is 2.15. The zero-order chi connectivity index (χ0) is 19.1. The van der Waals surface area contributed by atoms with Crippen LogP contribution in [0.1, 0.15) is 24.8 Å². The Bertz CT molecular complexity index is 759. The van der Waals surface area contributed by atoms with Crippen LogP contribution in [0.25, 0.3) is 0 Å². The predicted molar refractivity (Wildman–Crippen MR) is 108 cm³/mol. The number of nitrogens with one attached hydrogen (secondary N) is 2. The average molecular weight is 386 g/mol. The highest BCUT2D eigenvalue weighted by molar-refractivity contribution is 6.30. The van der Waals surface area contributed by atoms with Crippen molar-refractivity contribution in [3.63, 3.8) is 0 Å². The van der Waals surface area contributed by atoms with Crippen LogP contribution in [0.2, 0.25) is 5.02 Å². The third-order valence-electron chi connectivity index (χ3n) is 4.66. The Balaban J connectivity index is 1.69. The molecule has 1 heterocycles. The third-order valence-corrected chi connectivity index (χ3v) is 4.91. The van der Waals surface area contributed by atoms with Crippen LogP contribution in [0.4, 0.5) is 10.5 Å². The Morgan fingerprint density at radius 3 is 2.30 bits per heavy atom. The molecule has 6 heteroatoms. The summed E-state index contributed by atoms with van der Waals surface area (Å²) in [6.07, 6.45) is 3.64. The molecule has 1 saturated heterocycles. The van der Waals surface area contributed by atoms with Crippen LogP contribution in [0.3, 0.4) is 0 Å². The normalized spacial score (nSPS) is 15.1. The van der Waals surface area contributed by atoms with Crippen molar-refractivity contribution < 1.29 is 9.59 Å². The summed E-state index contributed by atoms with van der Waals surface area (Å²) in [5.41, 5.74) is 1.64. The minimum absolute atomic E-state index is 0.0233. The van der Waals surface area contributed by atoms with E-state index < -0.39 is 12.1 Å². The van der Waals surface area contributed by atoms with E-state index in [2.05, 4.69) is 10.6 Å². The van der Waals surface area contributed by atoms with Gasteiger partial charge in [-0.15, -0.1) is 0 Å². The van der Waals surface area contributed by atoms with Gasteiger partial charge in [0, 0.05) is 30.2 Å². The highest BCUT2D eigenvalue weighted by Gasteiger charge is 2.27. The molecular weight excluding hydrogens is 362 g/mol. The largest absolute Gasteiger partial charge is 0.341 e. The quantitative estimate of drug-likeness (QED) is 0.814. The van der Waals surface area contributed by atoms with Crippen LogP contribution in [0, 0.1) is 0 Å². The van der Waals surface area contributed by atoms with Crippen LogP contribution >= 0.6 is 11.6 Å². The number of carbonyl (C=O) groups is 2. The molecule has 1 fully saturated rings. The van der Waals surface area contributed by atoms with Gasteiger partial charge in [0.2, 0.25) is 5.91 Å². The summed E-state index contributed by atoms with van der Waals surface area (Å²) < 4.78 is 0. The SMILES string of the molecule is O=C(Nc1ccc(Cl)cc1)N[C@@H](Cc1ccccc1)C(=O)N1CCCCC1. The van der Waals surface area contributed by atoms with E-state index in [0.29, 0.717) is 17.1 Å². The molecule has 3 amide bonds. The van der Waals surface area contributed by atoms with Gasteiger partial charge < -0.3 is 15.5 Å². The Morgan fingerprint density at radius 1 is 0.963 bits per heavy atom. The van der Waals surface area contributed by atoms with Crippen LogP contribution in [0.5, 0.6) is 0 Å². The van der Waals surface area contributed by atoms with E-state index in [9.17, 15) is 9.59 Å². The lowest BCUT2D eigenvalue weighted by molar-refractivity contribution is -0.134. The van der Waals surface area contributed by atoms with Gasteiger partial charge in [0.25, 0.3) is 0 Å². The first kappa shape index (κ1) is 19.2. The van der Waals surface area contributed by atoms with E-state index in [1.807, 2.05) is 35.2 Å². The Labute approximate surface area is 164 Å². The molecule has 1 atom stereocenters. The predicted octanol–water partition coefficient (Wildman–Crippen LogP) is 4.09. The van der Waals surface area contributed by atoms with Gasteiger partial charge in [0.15, 0.2) is 0 Å². The Hall–Kier alpha value is -2.53. The first-order chi connectivity index (χ1) is 13.1. The van der Waals surface area contributed by atoms with Gasteiger partial charge in [0.1, 0.15) is 6.04 Å². The van der Waals surface area contributed by atoms with Gasteiger partial charge in [-0.3, -0.25) is 4.79 Å². The molecule has 5 nitrogen and oxygen atoms in total. The van der Waals surface area contributed by atoms with Crippen LogP contribution < -0.4 is 10.6 Å². The molecule has 0 saturated carbocycles. The fraction of sp³-hybridized carbons (Fsp3) is 0.333. The molecule has 142 valence electrons. The second-order valence-electron chi connectivity index (χ2n) is 6.73. The maximum Gasteiger partial charge on any atom is 0.319 e. The van der Waals surface area contributed by atoms with Crippen molar-refractivity contribution in [2.24, 2.45) is 0 Å². The molecular formula is C21H24ClN3O2. The first-order valence-corrected chi connectivity index (χ1v) is 9.65. The van der Waals surface area contributed by atoms with Crippen molar-refractivity contribution in [2.45, 2.75) is 31.7 Å². The van der Waals surface area contributed by atoms with Gasteiger partial charge in [-0.2, -0.15) is 0 Å². The Kier molecular flexibility index (Phi) is 6.71. The lowest BCUT2D eigenvalue weighted by atomic mass is 10.0. The first-order valence-electron chi connectivity index (χ1n) is 9.27. The number of carbonyl (C=O) groups excluding carboxylic acids is 2. The van der Waals surface area contributed by atoms with Gasteiger partial charge in [0.05, 0.1) is 0 Å². The lowest BCUT2D eigenvalue weighted by Crippen LogP contribution is -2.52. The van der Waals surface area contributed by atoms with E-state index >= 15 is 0 Å². The zero-order valence-electron chi connectivity index (χ0n) is 15.2. The lowest BCUT2D eigenvalue weighted by Gasteiger charge is -2.31. The molecule has 1 aliphatic heterocycles. The summed E-state index contributed by atoms with van der Waals surface area (Å²) in [7, 11) is 0. The number of hydrogen-bond donors (Lipinski definition) is 2. The summed E-state index contributed by atoms with van der Waals surface area (Å²) in [5.74, 6) is -0.0233.